The minimum absolute atomic E-state index is 0.300. The Morgan fingerprint density at radius 2 is 2.06 bits per heavy atom. The Hall–Kier alpha value is -2.07. The molecule has 0 aliphatic rings. The summed E-state index contributed by atoms with van der Waals surface area (Å²) in [7, 11) is 0. The lowest BCUT2D eigenvalue weighted by Gasteiger charge is -1.97. The van der Waals surface area contributed by atoms with Crippen molar-refractivity contribution in [3.05, 3.63) is 58.5 Å². The zero-order valence-corrected chi connectivity index (χ0v) is 10.4. The topological polar surface area (TPSA) is 54.6 Å². The second kappa shape index (κ2) is 5.51. The zero-order valence-electron chi connectivity index (χ0n) is 9.68. The van der Waals surface area contributed by atoms with E-state index in [2.05, 4.69) is 10.5 Å². The zero-order chi connectivity index (χ0) is 13.0. The predicted molar refractivity (Wildman–Crippen MR) is 70.0 cm³/mol. The summed E-state index contributed by atoms with van der Waals surface area (Å²) in [6.45, 7) is 1.72. The van der Waals surface area contributed by atoms with Gasteiger partial charge in [0.25, 0.3) is 5.91 Å². The van der Waals surface area contributed by atoms with Crippen molar-refractivity contribution in [1.29, 1.82) is 0 Å². The molecule has 5 heteroatoms. The van der Waals surface area contributed by atoms with Gasteiger partial charge >= 0.3 is 0 Å². The molecule has 0 unspecified atom stereocenters. The number of nitrogens with one attached hydrogen (secondary N) is 1. The maximum atomic E-state index is 11.7. The smallest absolute Gasteiger partial charge is 0.274 e. The second-order valence-electron chi connectivity index (χ2n) is 3.64. The Labute approximate surface area is 109 Å². The molecule has 1 aromatic carbocycles. The molecule has 0 aliphatic carbocycles. The lowest BCUT2D eigenvalue weighted by molar-refractivity contribution is 0.0953. The van der Waals surface area contributed by atoms with E-state index in [1.165, 1.54) is 6.26 Å². The number of hydrazone groups is 1. The number of carbonyl (C=O) groups excluding carboxylic acids is 1. The molecule has 0 spiro atoms. The van der Waals surface area contributed by atoms with E-state index in [9.17, 15) is 4.79 Å². The van der Waals surface area contributed by atoms with E-state index in [0.29, 0.717) is 16.3 Å². The third kappa shape index (κ3) is 2.99. The molecule has 4 nitrogen and oxygen atoms in total. The summed E-state index contributed by atoms with van der Waals surface area (Å²) in [5.74, 6) is 0.264. The van der Waals surface area contributed by atoms with E-state index >= 15 is 0 Å². The molecule has 1 N–H and O–H groups in total. The molecule has 18 heavy (non-hydrogen) atoms. The second-order valence-corrected chi connectivity index (χ2v) is 4.08. The molecule has 0 fully saturated rings. The van der Waals surface area contributed by atoms with Gasteiger partial charge in [0.2, 0.25) is 0 Å². The van der Waals surface area contributed by atoms with Gasteiger partial charge in [0, 0.05) is 5.02 Å². The van der Waals surface area contributed by atoms with Gasteiger partial charge in [-0.1, -0.05) is 23.7 Å². The first kappa shape index (κ1) is 12.4. The Bertz CT molecular complexity index is 573. The number of benzene rings is 1. The highest BCUT2D eigenvalue weighted by Crippen LogP contribution is 2.09. The average molecular weight is 263 g/mol. The Morgan fingerprint density at radius 1 is 1.33 bits per heavy atom. The first-order chi connectivity index (χ1) is 8.66. The number of hydrogen-bond donors (Lipinski definition) is 1. The van der Waals surface area contributed by atoms with Crippen molar-refractivity contribution >= 4 is 23.7 Å². The normalized spacial score (nSPS) is 10.8. The number of aryl methyl sites for hydroxylation is 1. The van der Waals surface area contributed by atoms with Crippen molar-refractivity contribution in [3.8, 4) is 0 Å². The van der Waals surface area contributed by atoms with Crippen LogP contribution in [0.4, 0.5) is 0 Å². The lowest BCUT2D eigenvalue weighted by atomic mass is 10.2. The molecule has 92 valence electrons. The van der Waals surface area contributed by atoms with Gasteiger partial charge in [0.1, 0.15) is 5.76 Å². The molecule has 0 radical (unpaired) electrons. The summed E-state index contributed by atoms with van der Waals surface area (Å²) in [6.07, 6.45) is 3.01. The highest BCUT2D eigenvalue weighted by Gasteiger charge is 2.09. The third-order valence-corrected chi connectivity index (χ3v) is 2.61. The van der Waals surface area contributed by atoms with Crippen molar-refractivity contribution in [2.75, 3.05) is 0 Å². The highest BCUT2D eigenvalue weighted by atomic mass is 35.5. The third-order valence-electron chi connectivity index (χ3n) is 2.35. The van der Waals surface area contributed by atoms with Crippen LogP contribution in [0.2, 0.25) is 5.02 Å². The fourth-order valence-electron chi connectivity index (χ4n) is 1.40. The van der Waals surface area contributed by atoms with Crippen LogP contribution in [0.1, 0.15) is 21.7 Å². The van der Waals surface area contributed by atoms with Crippen LogP contribution < -0.4 is 5.43 Å². The number of carbonyl (C=O) groups is 1. The molecule has 0 saturated carbocycles. The number of nitrogens with zero attached hydrogens (tertiary/aromatic N) is 1. The molecule has 1 heterocycles. The van der Waals surface area contributed by atoms with Crippen LogP contribution in [-0.4, -0.2) is 12.1 Å². The number of halogens is 1. The Balaban J connectivity index is 1.98. The summed E-state index contributed by atoms with van der Waals surface area (Å²) in [6, 6.07) is 8.72. The molecule has 0 aliphatic heterocycles. The standard InChI is InChI=1S/C13H11ClN2O2/c1-9-12(6-7-18-9)13(17)16-15-8-10-2-4-11(14)5-3-10/h2-8H,1H3,(H,16,17)/b15-8-. The van der Waals surface area contributed by atoms with E-state index in [0.717, 1.165) is 5.56 Å². The molecular weight excluding hydrogens is 252 g/mol. The van der Waals surface area contributed by atoms with Crippen molar-refractivity contribution in [3.63, 3.8) is 0 Å². The Kier molecular flexibility index (Phi) is 3.79. The minimum atomic E-state index is -0.300. The number of rotatable bonds is 3. The molecule has 0 atom stereocenters. The van der Waals surface area contributed by atoms with Gasteiger partial charge in [-0.2, -0.15) is 5.10 Å². The molecule has 0 saturated heterocycles. The minimum Gasteiger partial charge on any atom is -0.469 e. The molecule has 2 rings (SSSR count). The lowest BCUT2D eigenvalue weighted by Crippen LogP contribution is -2.17. The SMILES string of the molecule is Cc1occc1C(=O)N/N=C\c1ccc(Cl)cc1. The van der Waals surface area contributed by atoms with Gasteiger partial charge in [-0.3, -0.25) is 4.79 Å². The van der Waals surface area contributed by atoms with Crippen LogP contribution in [0.25, 0.3) is 0 Å². The van der Waals surface area contributed by atoms with Gasteiger partial charge in [-0.05, 0) is 30.7 Å². The van der Waals surface area contributed by atoms with Crippen molar-refractivity contribution in [2.24, 2.45) is 5.10 Å². The largest absolute Gasteiger partial charge is 0.469 e. The van der Waals surface area contributed by atoms with Gasteiger partial charge < -0.3 is 4.42 Å². The maximum Gasteiger partial charge on any atom is 0.274 e. The summed E-state index contributed by atoms with van der Waals surface area (Å²) in [5.41, 5.74) is 3.75. The molecule has 1 aromatic heterocycles. The van der Waals surface area contributed by atoms with E-state index < -0.39 is 0 Å². The fourth-order valence-corrected chi connectivity index (χ4v) is 1.52. The summed E-state index contributed by atoms with van der Waals surface area (Å²) in [4.78, 5) is 11.7. The maximum absolute atomic E-state index is 11.7. The predicted octanol–water partition coefficient (Wildman–Crippen LogP) is 3.01. The van der Waals surface area contributed by atoms with E-state index in [-0.39, 0.29) is 5.91 Å². The number of amides is 1. The van der Waals surface area contributed by atoms with E-state index in [1.54, 1.807) is 43.5 Å². The van der Waals surface area contributed by atoms with Gasteiger partial charge in [-0.15, -0.1) is 0 Å². The van der Waals surface area contributed by atoms with Gasteiger partial charge in [-0.25, -0.2) is 5.43 Å². The molecular formula is C13H11ClN2O2. The van der Waals surface area contributed by atoms with Crippen LogP contribution >= 0.6 is 11.6 Å². The summed E-state index contributed by atoms with van der Waals surface area (Å²) >= 11 is 5.76. The van der Waals surface area contributed by atoms with Crippen molar-refractivity contribution in [1.82, 2.24) is 5.43 Å². The highest BCUT2D eigenvalue weighted by molar-refractivity contribution is 6.30. The first-order valence-corrected chi connectivity index (χ1v) is 5.67. The number of hydrogen-bond acceptors (Lipinski definition) is 3. The molecule has 0 bridgehead atoms. The van der Waals surface area contributed by atoms with Gasteiger partial charge in [0.15, 0.2) is 0 Å². The summed E-state index contributed by atoms with van der Waals surface area (Å²) < 4.78 is 5.04. The monoisotopic (exact) mass is 262 g/mol. The van der Waals surface area contributed by atoms with Crippen molar-refractivity contribution < 1.29 is 9.21 Å². The Morgan fingerprint density at radius 3 is 2.67 bits per heavy atom. The van der Waals surface area contributed by atoms with Crippen LogP contribution in [-0.2, 0) is 0 Å². The van der Waals surface area contributed by atoms with E-state index in [1.807, 2.05) is 0 Å². The average Bonchev–Trinajstić information content (AvgIpc) is 2.78. The van der Waals surface area contributed by atoms with Crippen molar-refractivity contribution in [2.45, 2.75) is 6.92 Å². The first-order valence-electron chi connectivity index (χ1n) is 5.30. The number of furan rings is 1. The molecule has 1 amide bonds. The quantitative estimate of drug-likeness (QED) is 0.683. The van der Waals surface area contributed by atoms with Gasteiger partial charge in [0.05, 0.1) is 18.0 Å². The van der Waals surface area contributed by atoms with E-state index in [4.69, 9.17) is 16.0 Å². The van der Waals surface area contributed by atoms with Crippen LogP contribution in [0.3, 0.4) is 0 Å². The van der Waals surface area contributed by atoms with Crippen LogP contribution in [0.15, 0.2) is 46.1 Å². The fraction of sp³-hybridized carbons (Fsp3) is 0.0769. The molecule has 2 aromatic rings. The van der Waals surface area contributed by atoms with Crippen LogP contribution in [0, 0.1) is 6.92 Å². The van der Waals surface area contributed by atoms with Crippen LogP contribution in [0.5, 0.6) is 0 Å². The summed E-state index contributed by atoms with van der Waals surface area (Å²) in [5, 5.41) is 4.52.